The van der Waals surface area contributed by atoms with Gasteiger partial charge in [0.25, 0.3) is 0 Å². The molecule has 6 nitrogen and oxygen atoms in total. The maximum absolute atomic E-state index is 5.85. The molecule has 1 heterocycles. The predicted molar refractivity (Wildman–Crippen MR) is 87.7 cm³/mol. The molecule has 0 radical (unpaired) electrons. The molecule has 1 aromatic rings. The lowest BCUT2D eigenvalue weighted by Crippen LogP contribution is -2.35. The van der Waals surface area contributed by atoms with E-state index in [2.05, 4.69) is 15.3 Å². The monoisotopic (exact) mass is 305 g/mol. The Balaban J connectivity index is 1.41. The van der Waals surface area contributed by atoms with Crippen LogP contribution in [0.15, 0.2) is 6.07 Å². The summed E-state index contributed by atoms with van der Waals surface area (Å²) in [5.74, 6) is 1.58. The molecule has 0 atom stereocenters. The summed E-state index contributed by atoms with van der Waals surface area (Å²) >= 11 is 0. The van der Waals surface area contributed by atoms with Crippen molar-refractivity contribution in [2.45, 2.75) is 63.0 Å². The zero-order valence-corrected chi connectivity index (χ0v) is 13.1. The lowest BCUT2D eigenvalue weighted by atomic mass is 9.78. The minimum atomic E-state index is 0.310. The molecule has 2 saturated carbocycles. The van der Waals surface area contributed by atoms with Gasteiger partial charge >= 0.3 is 0 Å². The van der Waals surface area contributed by atoms with E-state index < -0.39 is 0 Å². The summed E-state index contributed by atoms with van der Waals surface area (Å²) in [6.07, 6.45) is 8.53. The highest BCUT2D eigenvalue weighted by Crippen LogP contribution is 2.35. The van der Waals surface area contributed by atoms with Crippen molar-refractivity contribution in [1.82, 2.24) is 9.97 Å². The highest BCUT2D eigenvalue weighted by Gasteiger charge is 2.29. The third-order valence-electron chi connectivity index (χ3n) is 4.64. The average Bonchev–Trinajstić information content (AvgIpc) is 2.96. The summed E-state index contributed by atoms with van der Waals surface area (Å²) in [6, 6.07) is 2.32. The van der Waals surface area contributed by atoms with Gasteiger partial charge in [0.15, 0.2) is 0 Å². The van der Waals surface area contributed by atoms with Gasteiger partial charge in [-0.3, -0.25) is 0 Å². The topological polar surface area (TPSA) is 99.1 Å². The zero-order chi connectivity index (χ0) is 15.4. The molecule has 0 amide bonds. The number of hydrogen-bond acceptors (Lipinski definition) is 6. The molecule has 2 aliphatic carbocycles. The lowest BCUT2D eigenvalue weighted by Gasteiger charge is -2.32. The number of nitrogens with one attached hydrogen (secondary N) is 1. The Kier molecular flexibility index (Phi) is 5.10. The number of nitrogens with two attached hydrogens (primary N) is 2. The van der Waals surface area contributed by atoms with Crippen molar-refractivity contribution in [1.29, 1.82) is 0 Å². The Morgan fingerprint density at radius 2 is 2.00 bits per heavy atom. The minimum absolute atomic E-state index is 0.310. The minimum Gasteiger partial charge on any atom is -0.378 e. The van der Waals surface area contributed by atoms with Crippen molar-refractivity contribution in [2.75, 3.05) is 24.2 Å². The van der Waals surface area contributed by atoms with Gasteiger partial charge in [-0.25, -0.2) is 4.98 Å². The van der Waals surface area contributed by atoms with E-state index in [4.69, 9.17) is 16.2 Å². The molecule has 0 aliphatic heterocycles. The van der Waals surface area contributed by atoms with Crippen molar-refractivity contribution < 1.29 is 4.74 Å². The van der Waals surface area contributed by atoms with Crippen LogP contribution in [-0.4, -0.2) is 35.3 Å². The smallest absolute Gasteiger partial charge is 0.222 e. The van der Waals surface area contributed by atoms with Gasteiger partial charge < -0.3 is 21.5 Å². The number of rotatable bonds is 7. The number of nitrogens with zero attached hydrogens (tertiary/aromatic N) is 2. The van der Waals surface area contributed by atoms with Crippen LogP contribution in [0.5, 0.6) is 0 Å². The maximum Gasteiger partial charge on any atom is 0.222 e. The summed E-state index contributed by atoms with van der Waals surface area (Å²) in [5.41, 5.74) is 12.7. The largest absolute Gasteiger partial charge is 0.378 e. The Labute approximate surface area is 132 Å². The molecule has 5 N–H and O–H groups in total. The average molecular weight is 305 g/mol. The second kappa shape index (κ2) is 7.24. The first-order valence-corrected chi connectivity index (χ1v) is 8.46. The van der Waals surface area contributed by atoms with E-state index in [1.807, 2.05) is 6.07 Å². The molecule has 6 heteroatoms. The van der Waals surface area contributed by atoms with Crippen molar-refractivity contribution in [3.05, 3.63) is 11.8 Å². The quantitative estimate of drug-likeness (QED) is 0.667. The summed E-state index contributed by atoms with van der Waals surface area (Å²) < 4.78 is 5.85. The highest BCUT2D eigenvalue weighted by molar-refractivity contribution is 5.41. The van der Waals surface area contributed by atoms with E-state index in [0.29, 0.717) is 24.0 Å². The summed E-state index contributed by atoms with van der Waals surface area (Å²) in [6.45, 7) is 1.65. The number of ether oxygens (including phenoxy) is 1. The molecule has 1 aromatic heterocycles. The van der Waals surface area contributed by atoms with Crippen LogP contribution >= 0.6 is 0 Å². The third-order valence-corrected chi connectivity index (χ3v) is 4.64. The summed E-state index contributed by atoms with van der Waals surface area (Å²) in [4.78, 5) is 8.59. The Morgan fingerprint density at radius 1 is 1.23 bits per heavy atom. The van der Waals surface area contributed by atoms with Gasteiger partial charge in [0, 0.05) is 31.2 Å². The van der Waals surface area contributed by atoms with Gasteiger partial charge in [0.05, 0.1) is 11.8 Å². The van der Waals surface area contributed by atoms with Crippen molar-refractivity contribution in [3.63, 3.8) is 0 Å². The van der Waals surface area contributed by atoms with Gasteiger partial charge in [-0.15, -0.1) is 0 Å². The van der Waals surface area contributed by atoms with Gasteiger partial charge in [0.1, 0.15) is 5.82 Å². The van der Waals surface area contributed by atoms with Gasteiger partial charge in [-0.2, -0.15) is 4.98 Å². The number of anilines is 2. The van der Waals surface area contributed by atoms with E-state index in [9.17, 15) is 0 Å². The molecule has 22 heavy (non-hydrogen) atoms. The van der Waals surface area contributed by atoms with Crippen LogP contribution in [0.4, 0.5) is 11.8 Å². The van der Waals surface area contributed by atoms with Gasteiger partial charge in [-0.1, -0.05) is 12.8 Å². The van der Waals surface area contributed by atoms with Crippen molar-refractivity contribution >= 4 is 11.8 Å². The van der Waals surface area contributed by atoms with E-state index in [0.717, 1.165) is 43.9 Å². The summed E-state index contributed by atoms with van der Waals surface area (Å²) in [5, 5.41) is 3.32. The second-order valence-electron chi connectivity index (χ2n) is 6.52. The van der Waals surface area contributed by atoms with Crippen LogP contribution < -0.4 is 16.8 Å². The molecule has 0 saturated heterocycles. The standard InChI is InChI=1S/C16H27N5O/c17-12-8-11(9-12)14-10-15(21-16(18)20-14)19-6-3-7-22-13-4-1-2-5-13/h10-13H,1-9,17H2,(H3,18,19,20,21). The molecular weight excluding hydrogens is 278 g/mol. The SMILES string of the molecule is Nc1nc(NCCCOC2CCCC2)cc(C2CC(N)C2)n1. The van der Waals surface area contributed by atoms with E-state index >= 15 is 0 Å². The van der Waals surface area contributed by atoms with E-state index in [1.54, 1.807) is 0 Å². The number of aromatic nitrogens is 2. The lowest BCUT2D eigenvalue weighted by molar-refractivity contribution is 0.0583. The molecule has 0 bridgehead atoms. The van der Waals surface area contributed by atoms with Crippen LogP contribution in [0.3, 0.4) is 0 Å². The predicted octanol–water partition coefficient (Wildman–Crippen LogP) is 2.02. The van der Waals surface area contributed by atoms with E-state index in [-0.39, 0.29) is 0 Å². The van der Waals surface area contributed by atoms with Crippen LogP contribution in [0, 0.1) is 0 Å². The fourth-order valence-electron chi connectivity index (χ4n) is 3.28. The molecule has 2 aliphatic rings. The normalized spacial score (nSPS) is 25.1. The molecule has 122 valence electrons. The third kappa shape index (κ3) is 4.08. The number of nitrogen functional groups attached to an aromatic ring is 1. The fraction of sp³-hybridized carbons (Fsp3) is 0.750. The van der Waals surface area contributed by atoms with Gasteiger partial charge in [0.2, 0.25) is 5.95 Å². The molecule has 0 unspecified atom stereocenters. The van der Waals surface area contributed by atoms with Crippen LogP contribution in [0.2, 0.25) is 0 Å². The Bertz CT molecular complexity index is 483. The molecular formula is C16H27N5O. The first kappa shape index (κ1) is 15.5. The number of hydrogen-bond donors (Lipinski definition) is 3. The Hall–Kier alpha value is -1.40. The van der Waals surface area contributed by atoms with E-state index in [1.165, 1.54) is 25.7 Å². The first-order chi connectivity index (χ1) is 10.7. The van der Waals surface area contributed by atoms with Crippen LogP contribution in [0.1, 0.15) is 56.6 Å². The summed E-state index contributed by atoms with van der Waals surface area (Å²) in [7, 11) is 0. The van der Waals surface area contributed by atoms with Gasteiger partial charge in [-0.05, 0) is 32.1 Å². The molecule has 0 spiro atoms. The molecule has 2 fully saturated rings. The second-order valence-corrected chi connectivity index (χ2v) is 6.52. The van der Waals surface area contributed by atoms with Crippen molar-refractivity contribution in [2.24, 2.45) is 5.73 Å². The fourth-order valence-corrected chi connectivity index (χ4v) is 3.28. The maximum atomic E-state index is 5.85. The first-order valence-electron chi connectivity index (χ1n) is 8.46. The van der Waals surface area contributed by atoms with Crippen LogP contribution in [-0.2, 0) is 4.74 Å². The van der Waals surface area contributed by atoms with Crippen LogP contribution in [0.25, 0.3) is 0 Å². The zero-order valence-electron chi connectivity index (χ0n) is 13.1. The highest BCUT2D eigenvalue weighted by atomic mass is 16.5. The molecule has 0 aromatic carbocycles. The molecule has 3 rings (SSSR count). The Morgan fingerprint density at radius 3 is 2.73 bits per heavy atom. The van der Waals surface area contributed by atoms with Crippen molar-refractivity contribution in [3.8, 4) is 0 Å².